The zero-order chi connectivity index (χ0) is 42.2. The molecule has 3 nitrogen and oxygen atoms in total. The summed E-state index contributed by atoms with van der Waals surface area (Å²) in [5, 5.41) is 12.8. The molecule has 3 heterocycles. The van der Waals surface area contributed by atoms with Gasteiger partial charge in [-0.05, 0) is 69.3 Å². The Morgan fingerprint density at radius 2 is 0.672 bits per heavy atom. The van der Waals surface area contributed by atoms with Crippen molar-refractivity contribution >= 4 is 94.2 Å². The van der Waals surface area contributed by atoms with Crippen LogP contribution in [0.5, 0.6) is 0 Å². The third kappa shape index (κ3) is 5.15. The number of hydrogen-bond donors (Lipinski definition) is 0. The average Bonchev–Trinajstić information content (AvgIpc) is 4.02. The van der Waals surface area contributed by atoms with Crippen molar-refractivity contribution in [1.29, 1.82) is 0 Å². The molecule has 13 rings (SSSR count). The molecule has 300 valence electrons. The Hall–Kier alpha value is -8.18. The summed E-state index contributed by atoms with van der Waals surface area (Å²) in [6.45, 7) is 0. The highest BCUT2D eigenvalue weighted by molar-refractivity contribution is 7.20. The molecule has 0 saturated carbocycles. The van der Waals surface area contributed by atoms with E-state index in [1.807, 2.05) is 0 Å². The predicted octanol–water partition coefficient (Wildman–Crippen LogP) is 12.4. The summed E-state index contributed by atoms with van der Waals surface area (Å²) in [5.74, 6) is 0. The maximum atomic E-state index is 2.61. The molecule has 0 N–H and O–H groups in total. The molecule has 0 bridgehead atoms. The van der Waals surface area contributed by atoms with Gasteiger partial charge in [-0.1, -0.05) is 200 Å². The van der Waals surface area contributed by atoms with Crippen LogP contribution in [0.2, 0.25) is 0 Å². The highest BCUT2D eigenvalue weighted by Crippen LogP contribution is 2.43. The average molecular weight is 832 g/mol. The van der Waals surface area contributed by atoms with Gasteiger partial charge in [0.25, 0.3) is 0 Å². The van der Waals surface area contributed by atoms with Crippen LogP contribution in [0.3, 0.4) is 0 Å². The van der Waals surface area contributed by atoms with E-state index in [4.69, 9.17) is 0 Å². The number of aromatic nitrogens is 3. The van der Waals surface area contributed by atoms with Crippen LogP contribution in [0.4, 0.5) is 0 Å². The first-order valence-corrected chi connectivity index (χ1v) is 24.1. The van der Waals surface area contributed by atoms with Crippen LogP contribution >= 0.6 is 0 Å². The Labute approximate surface area is 372 Å². The fourth-order valence-corrected chi connectivity index (χ4v) is 16.0. The van der Waals surface area contributed by atoms with Crippen molar-refractivity contribution in [3.8, 4) is 17.1 Å². The summed E-state index contributed by atoms with van der Waals surface area (Å²) in [6.07, 6.45) is 0. The van der Waals surface area contributed by atoms with Gasteiger partial charge >= 0.3 is 0 Å². The van der Waals surface area contributed by atoms with Gasteiger partial charge < -0.3 is 13.7 Å². The quantitative estimate of drug-likeness (QED) is 0.112. The van der Waals surface area contributed by atoms with Crippen LogP contribution < -0.4 is 20.7 Å². The first-order chi connectivity index (χ1) is 31.8. The first kappa shape index (κ1) is 36.5. The van der Waals surface area contributed by atoms with Gasteiger partial charge in [-0.3, -0.25) is 0 Å². The minimum absolute atomic E-state index is 1.14. The highest BCUT2D eigenvalue weighted by atomic mass is 28.3. The second-order valence-electron chi connectivity index (χ2n) is 16.8. The zero-order valence-corrected chi connectivity index (χ0v) is 36.0. The molecule has 64 heavy (non-hydrogen) atoms. The Kier molecular flexibility index (Phi) is 8.23. The fourth-order valence-electron chi connectivity index (χ4n) is 11.1. The molecule has 4 heteroatoms. The molecule has 0 amide bonds. The van der Waals surface area contributed by atoms with E-state index in [2.05, 4.69) is 262 Å². The van der Waals surface area contributed by atoms with Gasteiger partial charge in [0, 0.05) is 38.0 Å². The molecule has 0 unspecified atom stereocenters. The molecule has 0 aliphatic heterocycles. The third-order valence-corrected chi connectivity index (χ3v) is 18.4. The van der Waals surface area contributed by atoms with Crippen molar-refractivity contribution in [2.24, 2.45) is 0 Å². The number of rotatable bonds is 7. The van der Waals surface area contributed by atoms with Gasteiger partial charge in [-0.2, -0.15) is 0 Å². The van der Waals surface area contributed by atoms with Crippen LogP contribution in [0.15, 0.2) is 249 Å². The lowest BCUT2D eigenvalue weighted by Gasteiger charge is -2.36. The summed E-state index contributed by atoms with van der Waals surface area (Å²) in [4.78, 5) is 0. The van der Waals surface area contributed by atoms with Crippen molar-refractivity contribution < 1.29 is 0 Å². The van der Waals surface area contributed by atoms with Gasteiger partial charge in [0.15, 0.2) is 8.07 Å². The molecule has 0 fully saturated rings. The molecule has 0 spiro atoms. The summed E-state index contributed by atoms with van der Waals surface area (Å²) < 4.78 is 7.61. The number of para-hydroxylation sites is 6. The second-order valence-corrected chi connectivity index (χ2v) is 20.6. The molecule has 0 radical (unpaired) electrons. The summed E-state index contributed by atoms with van der Waals surface area (Å²) in [5.41, 5.74) is 10.6. The molecule has 10 aromatic carbocycles. The van der Waals surface area contributed by atoms with E-state index in [1.165, 1.54) is 86.3 Å². The smallest absolute Gasteiger partial charge is 0.181 e. The van der Waals surface area contributed by atoms with Crippen molar-refractivity contribution in [2.75, 3.05) is 0 Å². The number of hydrogen-bond acceptors (Lipinski definition) is 0. The molecule has 13 aromatic rings. The van der Waals surface area contributed by atoms with Gasteiger partial charge in [0.1, 0.15) is 0 Å². The van der Waals surface area contributed by atoms with E-state index in [-0.39, 0.29) is 0 Å². The normalized spacial score (nSPS) is 12.1. The van der Waals surface area contributed by atoms with Gasteiger partial charge in [-0.25, -0.2) is 0 Å². The molecular weight excluding hydrogens is 791 g/mol. The Bertz CT molecular complexity index is 3730. The van der Waals surface area contributed by atoms with Gasteiger partial charge in [0.2, 0.25) is 0 Å². The van der Waals surface area contributed by atoms with Crippen molar-refractivity contribution in [2.45, 2.75) is 0 Å². The lowest BCUT2D eigenvalue weighted by atomic mass is 10.1. The van der Waals surface area contributed by atoms with Gasteiger partial charge in [-0.15, -0.1) is 0 Å². The van der Waals surface area contributed by atoms with Crippen LogP contribution in [-0.4, -0.2) is 21.8 Å². The van der Waals surface area contributed by atoms with E-state index in [0.29, 0.717) is 0 Å². The van der Waals surface area contributed by atoms with Gasteiger partial charge in [0.05, 0.1) is 44.5 Å². The largest absolute Gasteiger partial charge is 0.309 e. The lowest BCUT2D eigenvalue weighted by molar-refractivity contribution is 1.13. The molecule has 0 aliphatic carbocycles. The van der Waals surface area contributed by atoms with Crippen molar-refractivity contribution in [3.05, 3.63) is 249 Å². The Morgan fingerprint density at radius 1 is 0.266 bits per heavy atom. The maximum absolute atomic E-state index is 3.10. The third-order valence-electron chi connectivity index (χ3n) is 13.6. The number of nitrogens with zero attached hydrogens (tertiary/aromatic N) is 3. The van der Waals surface area contributed by atoms with Crippen LogP contribution in [0, 0.1) is 0 Å². The van der Waals surface area contributed by atoms with Crippen molar-refractivity contribution in [3.63, 3.8) is 0 Å². The zero-order valence-electron chi connectivity index (χ0n) is 35.0. The van der Waals surface area contributed by atoms with E-state index < -0.39 is 8.07 Å². The molecule has 0 atom stereocenters. The Morgan fingerprint density at radius 3 is 1.20 bits per heavy atom. The SMILES string of the molecule is c1ccc(-n2c3ccccc3c3cccc(-n4c5ccccc5c5c(-n6c7ccccc7c7ccccc76)c([Si](c6ccccc6)(c6ccccc6)c6ccccc6)ccc54)c32)cc1. The van der Waals surface area contributed by atoms with E-state index in [9.17, 15) is 0 Å². The topological polar surface area (TPSA) is 14.8 Å². The summed E-state index contributed by atoms with van der Waals surface area (Å²) in [7, 11) is -3.10. The monoisotopic (exact) mass is 831 g/mol. The van der Waals surface area contributed by atoms with Crippen LogP contribution in [0.1, 0.15) is 0 Å². The summed E-state index contributed by atoms with van der Waals surface area (Å²) >= 11 is 0. The number of fused-ring (bicyclic) bond motifs is 9. The van der Waals surface area contributed by atoms with Crippen LogP contribution in [0.25, 0.3) is 82.5 Å². The standard InChI is InChI=1S/C60H41N3Si/c1-5-22-42(23-6-1)61-51-35-17-15-32-48(51)49-34-21-39-56(59(49)61)62-54-38-20-16-33-50(54)58-55(62)40-41-57(60(58)63-52-36-18-13-30-46(52)47-31-14-19-37-53(47)63)64(43-24-7-2-8-25-43,44-26-9-3-10-27-44)45-28-11-4-12-29-45/h1-41H. The molecular formula is C60H41N3Si. The minimum Gasteiger partial charge on any atom is -0.309 e. The Balaban J connectivity index is 1.28. The molecule has 0 saturated heterocycles. The first-order valence-electron chi connectivity index (χ1n) is 22.1. The minimum atomic E-state index is -3.10. The van der Waals surface area contributed by atoms with E-state index in [1.54, 1.807) is 0 Å². The lowest BCUT2D eigenvalue weighted by Crippen LogP contribution is -2.75. The van der Waals surface area contributed by atoms with E-state index >= 15 is 0 Å². The molecule has 0 aliphatic rings. The predicted molar refractivity (Wildman–Crippen MR) is 273 cm³/mol. The second kappa shape index (κ2) is 14.5. The highest BCUT2D eigenvalue weighted by Gasteiger charge is 2.44. The molecule has 3 aromatic heterocycles. The van der Waals surface area contributed by atoms with Crippen molar-refractivity contribution in [1.82, 2.24) is 13.7 Å². The summed E-state index contributed by atoms with van der Waals surface area (Å²) in [6, 6.07) is 92.5. The van der Waals surface area contributed by atoms with E-state index in [0.717, 1.165) is 16.9 Å². The number of benzene rings is 10. The fraction of sp³-hybridized carbons (Fsp3) is 0. The maximum Gasteiger partial charge on any atom is 0.181 e. The van der Waals surface area contributed by atoms with Crippen LogP contribution in [-0.2, 0) is 0 Å².